The van der Waals surface area contributed by atoms with Gasteiger partial charge in [-0.25, -0.2) is 18.4 Å². The molecule has 0 aliphatic rings. The first-order chi connectivity index (χ1) is 9.01. The number of nitrogen functional groups attached to an aromatic ring is 1. The summed E-state index contributed by atoms with van der Waals surface area (Å²) >= 11 is 0. The monoisotopic (exact) mass is 304 g/mol. The van der Waals surface area contributed by atoms with Gasteiger partial charge in [-0.15, -0.1) is 0 Å². The summed E-state index contributed by atoms with van der Waals surface area (Å²) in [5.41, 5.74) is 6.00. The van der Waals surface area contributed by atoms with Crippen LogP contribution in [-0.2, 0) is 10.0 Å². The second-order valence-corrected chi connectivity index (χ2v) is 5.30. The van der Waals surface area contributed by atoms with Crippen LogP contribution in [0.25, 0.3) is 0 Å². The van der Waals surface area contributed by atoms with Crippen molar-refractivity contribution in [3.05, 3.63) is 36.7 Å². The number of nitrogens with one attached hydrogen (secondary N) is 1. The maximum Gasteiger partial charge on any atom is 1.00 e. The number of aromatic nitrogens is 2. The van der Waals surface area contributed by atoms with E-state index in [1.54, 1.807) is 0 Å². The molecule has 1 aromatic carbocycles. The Balaban J connectivity index is 0.00000200. The molecule has 0 aliphatic heterocycles. The summed E-state index contributed by atoms with van der Waals surface area (Å²) in [6, 6.07) is 7.23. The zero-order valence-corrected chi connectivity index (χ0v) is 13.9. The van der Waals surface area contributed by atoms with E-state index in [4.69, 9.17) is 10.5 Å². The van der Waals surface area contributed by atoms with Crippen LogP contribution >= 0.6 is 0 Å². The van der Waals surface area contributed by atoms with Crippen molar-refractivity contribution in [3.63, 3.8) is 0 Å². The molecule has 2 rings (SSSR count). The van der Waals surface area contributed by atoms with E-state index < -0.39 is 10.0 Å². The Hall–Kier alpha value is -1.35. The second kappa shape index (κ2) is 6.89. The number of hydrogen-bond acceptors (Lipinski definition) is 6. The Bertz CT molecular complexity index is 682. The molecular formula is C11H13N4NaO3S. The van der Waals surface area contributed by atoms with Gasteiger partial charge in [0.15, 0.2) is 0 Å². The smallest absolute Gasteiger partial charge is 1.00 e. The van der Waals surface area contributed by atoms with Gasteiger partial charge in [0.1, 0.15) is 12.1 Å². The number of rotatable bonds is 4. The summed E-state index contributed by atoms with van der Waals surface area (Å²) in [5, 5.41) is 0. The molecule has 0 unspecified atom stereocenters. The van der Waals surface area contributed by atoms with E-state index in [1.807, 2.05) is 0 Å². The van der Waals surface area contributed by atoms with Gasteiger partial charge in [0.2, 0.25) is 5.88 Å². The maximum absolute atomic E-state index is 12.1. The molecule has 0 bridgehead atoms. The number of nitrogens with zero attached hydrogens (tertiary/aromatic N) is 2. The molecule has 0 atom stereocenters. The number of nitrogens with two attached hydrogens (primary N) is 1. The van der Waals surface area contributed by atoms with Crippen molar-refractivity contribution in [2.24, 2.45) is 0 Å². The first kappa shape index (κ1) is 16.7. The predicted octanol–water partition coefficient (Wildman–Crippen LogP) is -2.02. The van der Waals surface area contributed by atoms with E-state index in [9.17, 15) is 8.42 Å². The first-order valence-corrected chi connectivity index (χ1v) is 6.74. The molecular weight excluding hydrogens is 291 g/mol. The number of benzene rings is 1. The summed E-state index contributed by atoms with van der Waals surface area (Å²) in [5.74, 6) is 0.397. The Labute approximate surface area is 140 Å². The summed E-state index contributed by atoms with van der Waals surface area (Å²) in [6.45, 7) is 0. The largest absolute Gasteiger partial charge is 1.00 e. The van der Waals surface area contributed by atoms with Crippen LogP contribution in [0.4, 0.5) is 11.5 Å². The van der Waals surface area contributed by atoms with Crippen molar-refractivity contribution in [3.8, 4) is 5.88 Å². The number of sulfonamides is 1. The number of anilines is 2. The Kier molecular flexibility index (Phi) is 5.75. The predicted molar refractivity (Wildman–Crippen MR) is 71.4 cm³/mol. The van der Waals surface area contributed by atoms with Gasteiger partial charge in [0, 0.05) is 11.8 Å². The number of hydrogen-bond donors (Lipinski definition) is 2. The minimum Gasteiger partial charge on any atom is -1.00 e. The van der Waals surface area contributed by atoms with Gasteiger partial charge in [0.05, 0.1) is 12.0 Å². The van der Waals surface area contributed by atoms with Crippen LogP contribution in [0.15, 0.2) is 41.6 Å². The van der Waals surface area contributed by atoms with Crippen LogP contribution in [0.2, 0.25) is 0 Å². The Morgan fingerprint density at radius 2 is 1.90 bits per heavy atom. The van der Waals surface area contributed by atoms with Gasteiger partial charge < -0.3 is 11.9 Å². The third-order valence-corrected chi connectivity index (χ3v) is 3.65. The van der Waals surface area contributed by atoms with Crippen molar-refractivity contribution in [2.75, 3.05) is 17.6 Å². The van der Waals surface area contributed by atoms with Crippen molar-refractivity contribution >= 4 is 21.5 Å². The summed E-state index contributed by atoms with van der Waals surface area (Å²) in [6.07, 6.45) is 1.21. The molecule has 3 N–H and O–H groups in total. The molecule has 0 spiro atoms. The first-order valence-electron chi connectivity index (χ1n) is 5.25. The van der Waals surface area contributed by atoms with Crippen molar-refractivity contribution in [2.45, 2.75) is 4.90 Å². The number of ether oxygens (including phenoxy) is 1. The summed E-state index contributed by atoms with van der Waals surface area (Å²) < 4.78 is 31.3. The van der Waals surface area contributed by atoms with Gasteiger partial charge in [-0.3, -0.25) is 4.72 Å². The van der Waals surface area contributed by atoms with Gasteiger partial charge in [-0.2, -0.15) is 0 Å². The zero-order chi connectivity index (χ0) is 13.9. The fourth-order valence-electron chi connectivity index (χ4n) is 1.35. The van der Waals surface area contributed by atoms with E-state index in [1.165, 1.54) is 43.8 Å². The van der Waals surface area contributed by atoms with Gasteiger partial charge in [0.25, 0.3) is 10.0 Å². The van der Waals surface area contributed by atoms with Crippen LogP contribution in [0.5, 0.6) is 5.88 Å². The SMILES string of the molecule is COc1cc(NS(=O)(=O)c2ccc(N)cc2)ncn1.[H-].[Na+]. The molecule has 1 heterocycles. The summed E-state index contributed by atoms with van der Waals surface area (Å²) in [7, 11) is -2.28. The van der Waals surface area contributed by atoms with E-state index in [2.05, 4.69) is 14.7 Å². The molecule has 0 aliphatic carbocycles. The normalized spacial score (nSPS) is 10.4. The third kappa shape index (κ3) is 4.07. The van der Waals surface area contributed by atoms with Crippen LogP contribution < -0.4 is 44.7 Å². The molecule has 1 aromatic heterocycles. The average Bonchev–Trinajstić information content (AvgIpc) is 2.39. The minimum atomic E-state index is -3.71. The molecule has 102 valence electrons. The van der Waals surface area contributed by atoms with Gasteiger partial charge in [-0.05, 0) is 24.3 Å². The second-order valence-electron chi connectivity index (χ2n) is 3.62. The molecule has 0 saturated heterocycles. The molecule has 0 fully saturated rings. The molecule has 20 heavy (non-hydrogen) atoms. The fraction of sp³-hybridized carbons (Fsp3) is 0.0909. The van der Waals surface area contributed by atoms with Crippen LogP contribution in [0.1, 0.15) is 1.43 Å². The van der Waals surface area contributed by atoms with Gasteiger partial charge >= 0.3 is 29.6 Å². The quantitative estimate of drug-likeness (QED) is 0.499. The average molecular weight is 304 g/mol. The molecule has 7 nitrogen and oxygen atoms in total. The molecule has 0 amide bonds. The van der Waals surface area contributed by atoms with E-state index >= 15 is 0 Å². The Morgan fingerprint density at radius 3 is 2.50 bits per heavy atom. The summed E-state index contributed by atoms with van der Waals surface area (Å²) in [4.78, 5) is 7.69. The molecule has 9 heteroatoms. The number of methoxy groups -OCH3 is 1. The van der Waals surface area contributed by atoms with Crippen LogP contribution in [0.3, 0.4) is 0 Å². The van der Waals surface area contributed by atoms with Crippen molar-refractivity contribution in [1.29, 1.82) is 0 Å². The van der Waals surface area contributed by atoms with Crippen molar-refractivity contribution < 1.29 is 44.1 Å². The maximum atomic E-state index is 12.1. The zero-order valence-electron chi connectivity index (χ0n) is 12.1. The van der Waals surface area contributed by atoms with Gasteiger partial charge in [-0.1, -0.05) is 0 Å². The van der Waals surface area contributed by atoms with Crippen LogP contribution in [0, 0.1) is 0 Å². The van der Waals surface area contributed by atoms with E-state index in [-0.39, 0.29) is 47.6 Å². The fourth-order valence-corrected chi connectivity index (χ4v) is 2.35. The van der Waals surface area contributed by atoms with Crippen molar-refractivity contribution in [1.82, 2.24) is 9.97 Å². The topological polar surface area (TPSA) is 107 Å². The molecule has 2 aromatic rings. The van der Waals surface area contributed by atoms with Crippen LogP contribution in [-0.4, -0.2) is 25.5 Å². The third-order valence-electron chi connectivity index (χ3n) is 2.28. The van der Waals surface area contributed by atoms with E-state index in [0.717, 1.165) is 0 Å². The van der Waals surface area contributed by atoms with E-state index in [0.29, 0.717) is 5.69 Å². The molecule has 0 saturated carbocycles. The standard InChI is InChI=1S/C11H12N4O3S.Na.H/c1-18-11-6-10(13-7-14-11)15-19(16,17)9-4-2-8(12)3-5-9;;/h2-7H,12H2,1H3,(H,13,14,15);;/q;+1;-1. The minimum absolute atomic E-state index is 0. The Morgan fingerprint density at radius 1 is 1.25 bits per heavy atom. The molecule has 0 radical (unpaired) electrons.